The van der Waals surface area contributed by atoms with Gasteiger partial charge in [-0.15, -0.1) is 0 Å². The summed E-state index contributed by atoms with van der Waals surface area (Å²) in [5.41, 5.74) is 0. The average Bonchev–Trinajstić information content (AvgIpc) is 2.71. The van der Waals surface area contributed by atoms with Gasteiger partial charge in [0.1, 0.15) is 0 Å². The maximum atomic E-state index is 12.4. The molecule has 2 atom stereocenters. The molecule has 1 aliphatic carbocycles. The van der Waals surface area contributed by atoms with E-state index >= 15 is 0 Å². The van der Waals surface area contributed by atoms with Crippen molar-refractivity contribution in [2.45, 2.75) is 142 Å². The standard InChI is InChI=1S/C24H49O4P/c1-3-5-7-8-9-10-11-12-15-19-23(18-14-6-4-2)22-27-29(25,26)28-24-20-16-13-17-21-24/h23-24H,3-22H2,1-2H3,(H,25,26). The molecule has 0 aromatic rings. The van der Waals surface area contributed by atoms with Crippen LogP contribution in [0.1, 0.15) is 136 Å². The van der Waals surface area contributed by atoms with Crippen LogP contribution in [0.25, 0.3) is 0 Å². The van der Waals surface area contributed by atoms with Gasteiger partial charge in [-0.3, -0.25) is 9.05 Å². The Morgan fingerprint density at radius 1 is 0.793 bits per heavy atom. The number of unbranched alkanes of at least 4 members (excludes halogenated alkanes) is 10. The molecule has 1 fully saturated rings. The number of hydrogen-bond donors (Lipinski definition) is 1. The van der Waals surface area contributed by atoms with Gasteiger partial charge in [0.05, 0.1) is 12.7 Å². The Bertz CT molecular complexity index is 410. The third kappa shape index (κ3) is 15.5. The van der Waals surface area contributed by atoms with Crippen LogP contribution in [-0.4, -0.2) is 17.6 Å². The molecular formula is C24H49O4P. The average molecular weight is 433 g/mol. The maximum absolute atomic E-state index is 12.4. The predicted octanol–water partition coefficient (Wildman–Crippen LogP) is 8.57. The largest absolute Gasteiger partial charge is 0.472 e. The zero-order valence-electron chi connectivity index (χ0n) is 19.4. The topological polar surface area (TPSA) is 55.8 Å². The summed E-state index contributed by atoms with van der Waals surface area (Å²) in [5, 5.41) is 0. The zero-order valence-corrected chi connectivity index (χ0v) is 20.3. The highest BCUT2D eigenvalue weighted by Gasteiger charge is 2.28. The van der Waals surface area contributed by atoms with Gasteiger partial charge in [-0.2, -0.15) is 0 Å². The summed E-state index contributed by atoms with van der Waals surface area (Å²) >= 11 is 0. The molecule has 0 aliphatic heterocycles. The van der Waals surface area contributed by atoms with Crippen molar-refractivity contribution in [3.05, 3.63) is 0 Å². The molecule has 1 N–H and O–H groups in total. The fourth-order valence-electron chi connectivity index (χ4n) is 4.33. The molecule has 0 aromatic carbocycles. The first-order valence-electron chi connectivity index (χ1n) is 12.7. The molecular weight excluding hydrogens is 383 g/mol. The predicted molar refractivity (Wildman–Crippen MR) is 123 cm³/mol. The number of rotatable bonds is 19. The summed E-state index contributed by atoms with van der Waals surface area (Å²) in [6, 6.07) is 0. The minimum atomic E-state index is -3.92. The van der Waals surface area contributed by atoms with E-state index in [1.54, 1.807) is 0 Å². The molecule has 0 saturated heterocycles. The first-order valence-corrected chi connectivity index (χ1v) is 14.2. The van der Waals surface area contributed by atoms with Crippen LogP contribution in [0, 0.1) is 5.92 Å². The van der Waals surface area contributed by atoms with E-state index in [4.69, 9.17) is 9.05 Å². The van der Waals surface area contributed by atoms with E-state index in [-0.39, 0.29) is 6.10 Å². The van der Waals surface area contributed by atoms with Gasteiger partial charge in [0, 0.05) is 0 Å². The summed E-state index contributed by atoms with van der Waals surface area (Å²) in [6.07, 6.45) is 22.8. The molecule has 5 heteroatoms. The van der Waals surface area contributed by atoms with E-state index in [0.29, 0.717) is 12.5 Å². The van der Waals surface area contributed by atoms with Crippen molar-refractivity contribution in [3.63, 3.8) is 0 Å². The number of hydrogen-bond acceptors (Lipinski definition) is 3. The lowest BCUT2D eigenvalue weighted by atomic mass is 9.95. The summed E-state index contributed by atoms with van der Waals surface area (Å²) in [7, 11) is -3.92. The molecule has 1 aliphatic rings. The van der Waals surface area contributed by atoms with E-state index in [2.05, 4.69) is 13.8 Å². The van der Waals surface area contributed by atoms with Crippen molar-refractivity contribution in [1.82, 2.24) is 0 Å². The molecule has 0 heterocycles. The van der Waals surface area contributed by atoms with Crippen LogP contribution in [0.5, 0.6) is 0 Å². The maximum Gasteiger partial charge on any atom is 0.472 e. The van der Waals surface area contributed by atoms with Gasteiger partial charge in [-0.1, -0.05) is 110 Å². The normalized spacial score (nSPS) is 18.6. The summed E-state index contributed by atoms with van der Waals surface area (Å²) in [4.78, 5) is 10.1. The van der Waals surface area contributed by atoms with Gasteiger partial charge in [-0.05, 0) is 31.6 Å². The molecule has 1 saturated carbocycles. The third-order valence-electron chi connectivity index (χ3n) is 6.24. The molecule has 0 amide bonds. The Hall–Kier alpha value is 0.110. The summed E-state index contributed by atoms with van der Waals surface area (Å²) < 4.78 is 23.2. The minimum absolute atomic E-state index is 0.101. The smallest absolute Gasteiger partial charge is 0.302 e. The van der Waals surface area contributed by atoms with E-state index in [1.165, 1.54) is 83.5 Å². The third-order valence-corrected chi connectivity index (χ3v) is 7.28. The van der Waals surface area contributed by atoms with Crippen LogP contribution in [0.2, 0.25) is 0 Å². The van der Waals surface area contributed by atoms with E-state index < -0.39 is 7.82 Å². The van der Waals surface area contributed by atoms with Crippen molar-refractivity contribution in [2.75, 3.05) is 6.61 Å². The molecule has 0 bridgehead atoms. The Morgan fingerprint density at radius 3 is 1.86 bits per heavy atom. The van der Waals surface area contributed by atoms with Gasteiger partial charge < -0.3 is 4.89 Å². The lowest BCUT2D eigenvalue weighted by Crippen LogP contribution is -2.17. The zero-order chi connectivity index (χ0) is 21.2. The SMILES string of the molecule is CCCCCCCCCCCC(CCCCC)COP(=O)(O)OC1CCCCC1. The highest BCUT2D eigenvalue weighted by molar-refractivity contribution is 7.47. The van der Waals surface area contributed by atoms with Crippen LogP contribution < -0.4 is 0 Å². The minimum Gasteiger partial charge on any atom is -0.302 e. The van der Waals surface area contributed by atoms with Crippen molar-refractivity contribution < 1.29 is 18.5 Å². The Kier molecular flexibility index (Phi) is 16.6. The Labute approximate surface area is 181 Å². The molecule has 4 nitrogen and oxygen atoms in total. The first-order chi connectivity index (χ1) is 14.1. The quantitative estimate of drug-likeness (QED) is 0.164. The van der Waals surface area contributed by atoms with Crippen molar-refractivity contribution in [2.24, 2.45) is 5.92 Å². The van der Waals surface area contributed by atoms with Crippen molar-refractivity contribution >= 4 is 7.82 Å². The van der Waals surface area contributed by atoms with Crippen molar-refractivity contribution in [1.29, 1.82) is 0 Å². The van der Waals surface area contributed by atoms with Crippen LogP contribution >= 0.6 is 7.82 Å². The van der Waals surface area contributed by atoms with Gasteiger partial charge in [0.15, 0.2) is 0 Å². The van der Waals surface area contributed by atoms with Crippen LogP contribution in [0.15, 0.2) is 0 Å². The Morgan fingerprint density at radius 2 is 1.28 bits per heavy atom. The number of phosphoric ester groups is 1. The van der Waals surface area contributed by atoms with Crippen molar-refractivity contribution in [3.8, 4) is 0 Å². The second-order valence-electron chi connectivity index (χ2n) is 9.11. The highest BCUT2D eigenvalue weighted by atomic mass is 31.2. The summed E-state index contributed by atoms with van der Waals surface area (Å²) in [6.45, 7) is 4.84. The summed E-state index contributed by atoms with van der Waals surface area (Å²) in [5.74, 6) is 0.376. The molecule has 1 rings (SSSR count). The van der Waals surface area contributed by atoms with Gasteiger partial charge in [0.2, 0.25) is 0 Å². The first kappa shape index (κ1) is 27.1. The highest BCUT2D eigenvalue weighted by Crippen LogP contribution is 2.47. The fourth-order valence-corrected chi connectivity index (χ4v) is 5.37. The molecule has 2 unspecified atom stereocenters. The van der Waals surface area contributed by atoms with Crippen LogP contribution in [-0.2, 0) is 13.6 Å². The van der Waals surface area contributed by atoms with Gasteiger partial charge in [0.25, 0.3) is 0 Å². The number of phosphoric acid groups is 1. The second kappa shape index (κ2) is 17.8. The van der Waals surface area contributed by atoms with Gasteiger partial charge in [-0.25, -0.2) is 4.57 Å². The van der Waals surface area contributed by atoms with E-state index in [1.807, 2.05) is 0 Å². The van der Waals surface area contributed by atoms with Gasteiger partial charge >= 0.3 is 7.82 Å². The second-order valence-corrected chi connectivity index (χ2v) is 10.5. The van der Waals surface area contributed by atoms with Crippen LogP contribution in [0.4, 0.5) is 0 Å². The molecule has 29 heavy (non-hydrogen) atoms. The molecule has 174 valence electrons. The molecule has 0 spiro atoms. The van der Waals surface area contributed by atoms with Crippen LogP contribution in [0.3, 0.4) is 0 Å². The van der Waals surface area contributed by atoms with E-state index in [9.17, 15) is 9.46 Å². The fraction of sp³-hybridized carbons (Fsp3) is 1.00. The monoisotopic (exact) mass is 432 g/mol. The molecule has 0 radical (unpaired) electrons. The van der Waals surface area contributed by atoms with E-state index in [0.717, 1.165) is 38.5 Å². The lowest BCUT2D eigenvalue weighted by Gasteiger charge is -2.25. The lowest BCUT2D eigenvalue weighted by molar-refractivity contribution is 0.0722. The molecule has 0 aromatic heterocycles. The Balaban J connectivity index is 2.23.